The first-order chi connectivity index (χ1) is 9.04. The van der Waals surface area contributed by atoms with Crippen LogP contribution in [0.3, 0.4) is 0 Å². The Kier molecular flexibility index (Phi) is 5.67. The molecule has 0 aliphatic carbocycles. The minimum atomic E-state index is -2.57. The van der Waals surface area contributed by atoms with Gasteiger partial charge >= 0.3 is 0 Å². The predicted octanol–water partition coefficient (Wildman–Crippen LogP) is 0.114. The van der Waals surface area contributed by atoms with E-state index in [9.17, 15) is 13.6 Å². The molecule has 0 atom stereocenters. The van der Waals surface area contributed by atoms with Gasteiger partial charge in [0.25, 0.3) is 6.43 Å². The number of alkyl halides is 2. The van der Waals surface area contributed by atoms with Crippen molar-refractivity contribution in [2.45, 2.75) is 12.8 Å². The first kappa shape index (κ1) is 14.8. The van der Waals surface area contributed by atoms with Gasteiger partial charge in [0.15, 0.2) is 5.84 Å². The van der Waals surface area contributed by atoms with Gasteiger partial charge in [-0.2, -0.15) is 5.10 Å². The fraction of sp³-hybridized carbons (Fsp3) is 0.444. The Morgan fingerprint density at radius 3 is 3.05 bits per heavy atom. The third-order valence-electron chi connectivity index (χ3n) is 2.00. The second-order valence-corrected chi connectivity index (χ2v) is 3.41. The molecule has 1 rings (SSSR count). The topological polar surface area (TPSA) is 126 Å². The lowest BCUT2D eigenvalue weighted by atomic mass is 10.3. The summed E-state index contributed by atoms with van der Waals surface area (Å²) in [5.74, 6) is -0.558. The highest BCUT2D eigenvalue weighted by Crippen LogP contribution is 2.10. The number of amides is 1. The summed E-state index contributed by atoms with van der Waals surface area (Å²) in [7, 11) is 0. The van der Waals surface area contributed by atoms with Gasteiger partial charge in [0.1, 0.15) is 12.4 Å². The number of H-pyrrole nitrogens is 1. The Hall–Kier alpha value is -2.23. The van der Waals surface area contributed by atoms with E-state index in [4.69, 9.17) is 10.9 Å². The summed E-state index contributed by atoms with van der Waals surface area (Å²) >= 11 is 0. The fourth-order valence-corrected chi connectivity index (χ4v) is 1.17. The Labute approximate surface area is 106 Å². The molecule has 1 amide bonds. The number of carbonyl (C=O) groups excluding carboxylic acids is 1. The molecule has 8 nitrogen and oxygen atoms in total. The van der Waals surface area contributed by atoms with E-state index in [0.29, 0.717) is 0 Å². The van der Waals surface area contributed by atoms with Crippen molar-refractivity contribution in [3.05, 3.63) is 11.8 Å². The van der Waals surface area contributed by atoms with E-state index in [1.54, 1.807) is 0 Å². The first-order valence-electron chi connectivity index (χ1n) is 5.21. The maximum atomic E-state index is 11.8. The average molecular weight is 277 g/mol. The van der Waals surface area contributed by atoms with Crippen molar-refractivity contribution in [1.82, 2.24) is 10.2 Å². The lowest BCUT2D eigenvalue weighted by Crippen LogP contribution is -2.19. The number of hydrogen-bond acceptors (Lipinski definition) is 5. The molecule has 10 heteroatoms. The Balaban J connectivity index is 2.43. The summed E-state index contributed by atoms with van der Waals surface area (Å²) < 4.78 is 28.1. The predicted molar refractivity (Wildman–Crippen MR) is 61.2 cm³/mol. The zero-order valence-electron chi connectivity index (χ0n) is 9.77. The van der Waals surface area contributed by atoms with Crippen LogP contribution in [0, 0.1) is 0 Å². The lowest BCUT2D eigenvalue weighted by Gasteiger charge is -2.05. The number of aromatic amines is 1. The van der Waals surface area contributed by atoms with Crippen LogP contribution in [0.25, 0.3) is 0 Å². The van der Waals surface area contributed by atoms with Crippen LogP contribution in [0.4, 0.5) is 14.6 Å². The molecular weight excluding hydrogens is 264 g/mol. The summed E-state index contributed by atoms with van der Waals surface area (Å²) in [5.41, 5.74) is 5.56. The minimum Gasteiger partial charge on any atom is -0.409 e. The van der Waals surface area contributed by atoms with Crippen molar-refractivity contribution in [3.8, 4) is 0 Å². The van der Waals surface area contributed by atoms with Crippen LogP contribution < -0.4 is 11.1 Å². The smallest absolute Gasteiger partial charge is 0.261 e. The van der Waals surface area contributed by atoms with E-state index in [2.05, 4.69) is 25.4 Å². The molecule has 1 heterocycles. The quantitative estimate of drug-likeness (QED) is 0.185. The fourth-order valence-electron chi connectivity index (χ4n) is 1.17. The van der Waals surface area contributed by atoms with Gasteiger partial charge in [0.05, 0.1) is 24.8 Å². The molecule has 0 saturated carbocycles. The van der Waals surface area contributed by atoms with Crippen LogP contribution in [-0.2, 0) is 9.53 Å². The summed E-state index contributed by atoms with van der Waals surface area (Å²) in [6.45, 7) is -0.851. The Morgan fingerprint density at radius 1 is 1.68 bits per heavy atom. The first-order valence-corrected chi connectivity index (χ1v) is 5.21. The normalized spacial score (nSPS) is 11.8. The molecule has 0 aliphatic heterocycles. The number of carbonyl (C=O) groups is 1. The molecule has 0 saturated heterocycles. The standard InChI is InChI=1S/C9H13F2N5O3/c10-6(11)4-19-2-1-7(17)14-9-5(3-13-15-9)8(12)16-18/h3,6,18H,1-2,4H2,(H2,12,16)(H2,13,14,15,17). The van der Waals surface area contributed by atoms with Crippen LogP contribution in [0.15, 0.2) is 11.4 Å². The molecule has 0 bridgehead atoms. The van der Waals surface area contributed by atoms with Crippen molar-refractivity contribution in [1.29, 1.82) is 0 Å². The number of nitrogens with one attached hydrogen (secondary N) is 2. The molecule has 1 aromatic rings. The van der Waals surface area contributed by atoms with Gasteiger partial charge < -0.3 is 21.0 Å². The average Bonchev–Trinajstić information content (AvgIpc) is 2.81. The number of ether oxygens (including phenoxy) is 1. The Morgan fingerprint density at radius 2 is 2.42 bits per heavy atom. The summed E-state index contributed by atoms with van der Waals surface area (Å²) in [5, 5.41) is 19.7. The molecule has 0 fully saturated rings. The maximum absolute atomic E-state index is 11.8. The van der Waals surface area contributed by atoms with Gasteiger partial charge in [-0.05, 0) is 0 Å². The third-order valence-corrected chi connectivity index (χ3v) is 2.00. The number of amidine groups is 1. The number of anilines is 1. The number of halogens is 2. The molecule has 19 heavy (non-hydrogen) atoms. The Bertz CT molecular complexity index is 449. The van der Waals surface area contributed by atoms with E-state index in [-0.39, 0.29) is 30.2 Å². The van der Waals surface area contributed by atoms with Gasteiger partial charge in [-0.3, -0.25) is 9.89 Å². The highest BCUT2D eigenvalue weighted by Gasteiger charge is 2.12. The highest BCUT2D eigenvalue weighted by molar-refractivity contribution is 6.04. The van der Waals surface area contributed by atoms with Crippen molar-refractivity contribution in [2.75, 3.05) is 18.5 Å². The number of oxime groups is 1. The van der Waals surface area contributed by atoms with Crippen molar-refractivity contribution >= 4 is 17.6 Å². The van der Waals surface area contributed by atoms with Gasteiger partial charge in [-0.25, -0.2) is 8.78 Å². The second-order valence-electron chi connectivity index (χ2n) is 3.41. The molecule has 0 unspecified atom stereocenters. The molecule has 106 valence electrons. The molecule has 0 spiro atoms. The lowest BCUT2D eigenvalue weighted by molar-refractivity contribution is -0.117. The molecule has 0 radical (unpaired) electrons. The van der Waals surface area contributed by atoms with E-state index < -0.39 is 18.9 Å². The third kappa shape index (κ3) is 4.87. The number of nitrogens with two attached hydrogens (primary N) is 1. The largest absolute Gasteiger partial charge is 0.409 e. The van der Waals surface area contributed by atoms with Crippen molar-refractivity contribution in [2.24, 2.45) is 10.9 Å². The van der Waals surface area contributed by atoms with Crippen molar-refractivity contribution in [3.63, 3.8) is 0 Å². The van der Waals surface area contributed by atoms with Crippen LogP contribution in [0.1, 0.15) is 12.0 Å². The summed E-state index contributed by atoms with van der Waals surface area (Å²) in [6.07, 6.45) is -1.41. The van der Waals surface area contributed by atoms with Gasteiger partial charge in [0.2, 0.25) is 5.91 Å². The molecule has 5 N–H and O–H groups in total. The molecule has 0 aromatic carbocycles. The van der Waals surface area contributed by atoms with E-state index in [1.165, 1.54) is 6.20 Å². The zero-order valence-corrected chi connectivity index (χ0v) is 9.77. The van der Waals surface area contributed by atoms with Crippen LogP contribution in [-0.4, -0.2) is 46.8 Å². The van der Waals surface area contributed by atoms with Crippen LogP contribution in [0.5, 0.6) is 0 Å². The molecular formula is C9H13F2N5O3. The SMILES string of the molecule is NC(=NO)c1cn[nH]c1NC(=O)CCOCC(F)F. The summed E-state index contributed by atoms with van der Waals surface area (Å²) in [6, 6.07) is 0. The van der Waals surface area contributed by atoms with Gasteiger partial charge in [0, 0.05) is 0 Å². The minimum absolute atomic E-state index is 0.110. The molecule has 0 aliphatic rings. The molecule has 1 aromatic heterocycles. The van der Waals surface area contributed by atoms with E-state index in [1.807, 2.05) is 0 Å². The summed E-state index contributed by atoms with van der Waals surface area (Å²) in [4.78, 5) is 11.4. The van der Waals surface area contributed by atoms with Crippen LogP contribution in [0.2, 0.25) is 0 Å². The van der Waals surface area contributed by atoms with Gasteiger partial charge in [-0.1, -0.05) is 5.16 Å². The van der Waals surface area contributed by atoms with Crippen LogP contribution >= 0.6 is 0 Å². The number of aromatic nitrogens is 2. The monoisotopic (exact) mass is 277 g/mol. The van der Waals surface area contributed by atoms with E-state index in [0.717, 1.165) is 0 Å². The van der Waals surface area contributed by atoms with E-state index >= 15 is 0 Å². The van der Waals surface area contributed by atoms with Gasteiger partial charge in [-0.15, -0.1) is 0 Å². The number of hydrogen-bond donors (Lipinski definition) is 4. The number of nitrogens with zero attached hydrogens (tertiary/aromatic N) is 2. The second kappa shape index (κ2) is 7.26. The maximum Gasteiger partial charge on any atom is 0.261 e. The number of rotatable bonds is 7. The zero-order chi connectivity index (χ0) is 14.3. The van der Waals surface area contributed by atoms with Crippen molar-refractivity contribution < 1.29 is 23.5 Å². The highest BCUT2D eigenvalue weighted by atomic mass is 19.3.